The molecule has 1 aliphatic heterocycles. The van der Waals surface area contributed by atoms with Crippen molar-refractivity contribution in [3.63, 3.8) is 0 Å². The third-order valence-electron chi connectivity index (χ3n) is 2.87. The molecule has 0 aliphatic carbocycles. The van der Waals surface area contributed by atoms with Gasteiger partial charge in [-0.2, -0.15) is 5.10 Å². The molecule has 1 aliphatic rings. The highest BCUT2D eigenvalue weighted by atomic mass is 16.1. The summed E-state index contributed by atoms with van der Waals surface area (Å²) in [5, 5.41) is 4.07. The Morgan fingerprint density at radius 3 is 3.00 bits per heavy atom. The summed E-state index contributed by atoms with van der Waals surface area (Å²) in [7, 11) is 0. The van der Waals surface area contributed by atoms with Gasteiger partial charge in [0.2, 0.25) is 5.91 Å². The average molecular weight is 223 g/mol. The van der Waals surface area contributed by atoms with Crippen molar-refractivity contribution in [1.29, 1.82) is 0 Å². The van der Waals surface area contributed by atoms with Gasteiger partial charge in [0.15, 0.2) is 5.82 Å². The number of anilines is 2. The summed E-state index contributed by atoms with van der Waals surface area (Å²) in [5.41, 5.74) is 11.6. The Morgan fingerprint density at radius 1 is 1.69 bits per heavy atom. The molecule has 1 amide bonds. The predicted molar refractivity (Wildman–Crippen MR) is 61.8 cm³/mol. The molecule has 0 bridgehead atoms. The van der Waals surface area contributed by atoms with Crippen LogP contribution in [-0.4, -0.2) is 28.8 Å². The second-order valence-corrected chi connectivity index (χ2v) is 4.39. The second-order valence-electron chi connectivity index (χ2n) is 4.39. The van der Waals surface area contributed by atoms with Crippen molar-refractivity contribution >= 4 is 17.4 Å². The van der Waals surface area contributed by atoms with Crippen molar-refractivity contribution < 1.29 is 4.79 Å². The van der Waals surface area contributed by atoms with Gasteiger partial charge in [-0.3, -0.25) is 4.79 Å². The number of amides is 1. The average Bonchev–Trinajstić information content (AvgIpc) is 2.73. The molecule has 1 aromatic rings. The van der Waals surface area contributed by atoms with Crippen LogP contribution in [0.4, 0.5) is 11.5 Å². The fourth-order valence-corrected chi connectivity index (χ4v) is 2.13. The fraction of sp³-hybridized carbons (Fsp3) is 0.600. The highest BCUT2D eigenvalue weighted by Gasteiger charge is 2.24. The van der Waals surface area contributed by atoms with Crippen LogP contribution in [0.2, 0.25) is 0 Å². The number of carbonyl (C=O) groups excluding carboxylic acids is 1. The molecule has 0 aromatic carbocycles. The zero-order valence-corrected chi connectivity index (χ0v) is 9.39. The molecular weight excluding hydrogens is 206 g/mol. The van der Waals surface area contributed by atoms with E-state index in [0.29, 0.717) is 11.6 Å². The number of nitrogen functional groups attached to an aromatic ring is 1. The lowest BCUT2D eigenvalue weighted by Crippen LogP contribution is -2.27. The number of nitrogens with two attached hydrogens (primary N) is 2. The number of nitrogens with zero attached hydrogens (tertiary/aromatic N) is 3. The predicted octanol–water partition coefficient (Wildman–Crippen LogP) is -0.203. The Bertz CT molecular complexity index is 400. The molecule has 1 atom stereocenters. The van der Waals surface area contributed by atoms with E-state index in [1.54, 1.807) is 10.9 Å². The number of hydrogen-bond donors (Lipinski definition) is 2. The number of aromatic nitrogens is 2. The summed E-state index contributed by atoms with van der Waals surface area (Å²) in [6.45, 7) is 4.19. The minimum Gasteiger partial charge on any atom is -0.394 e. The minimum atomic E-state index is -0.406. The van der Waals surface area contributed by atoms with Crippen LogP contribution in [0.15, 0.2) is 6.20 Å². The smallest absolute Gasteiger partial charge is 0.239 e. The first-order chi connectivity index (χ1) is 7.58. The standard InChI is InChI=1S/C10H17N5O/c1-7-2-3-14(5-7)10-8(11)4-13-15(10)6-9(12)16/h4,7H,2-3,5-6,11H2,1H3,(H2,12,16). The van der Waals surface area contributed by atoms with Crippen LogP contribution >= 0.6 is 0 Å². The zero-order valence-electron chi connectivity index (χ0n) is 9.39. The van der Waals surface area contributed by atoms with Crippen molar-refractivity contribution in [2.24, 2.45) is 11.7 Å². The molecule has 1 fully saturated rings. The lowest BCUT2D eigenvalue weighted by atomic mass is 10.2. The number of carbonyl (C=O) groups is 1. The van der Waals surface area contributed by atoms with E-state index in [-0.39, 0.29) is 6.54 Å². The van der Waals surface area contributed by atoms with Crippen LogP contribution in [0.5, 0.6) is 0 Å². The van der Waals surface area contributed by atoms with E-state index in [0.717, 1.165) is 25.3 Å². The quantitative estimate of drug-likeness (QED) is 0.742. The van der Waals surface area contributed by atoms with Gasteiger partial charge >= 0.3 is 0 Å². The van der Waals surface area contributed by atoms with E-state index in [4.69, 9.17) is 11.5 Å². The summed E-state index contributed by atoms with van der Waals surface area (Å²) in [6, 6.07) is 0. The summed E-state index contributed by atoms with van der Waals surface area (Å²) in [4.78, 5) is 13.1. The van der Waals surface area contributed by atoms with Crippen molar-refractivity contribution in [2.45, 2.75) is 19.9 Å². The van der Waals surface area contributed by atoms with E-state index in [9.17, 15) is 4.79 Å². The first-order valence-corrected chi connectivity index (χ1v) is 5.42. The van der Waals surface area contributed by atoms with E-state index in [2.05, 4.69) is 16.9 Å². The molecule has 6 nitrogen and oxygen atoms in total. The Balaban J connectivity index is 2.24. The third kappa shape index (κ3) is 1.95. The summed E-state index contributed by atoms with van der Waals surface area (Å²) < 4.78 is 1.58. The lowest BCUT2D eigenvalue weighted by molar-refractivity contribution is -0.118. The Hall–Kier alpha value is -1.72. The molecule has 2 heterocycles. The first kappa shape index (κ1) is 10.8. The van der Waals surface area contributed by atoms with Gasteiger partial charge in [0.25, 0.3) is 0 Å². The Labute approximate surface area is 94.2 Å². The Kier molecular flexibility index (Phi) is 2.72. The van der Waals surface area contributed by atoms with Crippen LogP contribution in [-0.2, 0) is 11.3 Å². The number of hydrogen-bond acceptors (Lipinski definition) is 4. The van der Waals surface area contributed by atoms with E-state index in [1.807, 2.05) is 0 Å². The van der Waals surface area contributed by atoms with Crippen LogP contribution in [0.3, 0.4) is 0 Å². The van der Waals surface area contributed by atoms with Crippen molar-refractivity contribution in [1.82, 2.24) is 9.78 Å². The van der Waals surface area contributed by atoms with Gasteiger partial charge < -0.3 is 16.4 Å². The topological polar surface area (TPSA) is 90.2 Å². The molecule has 0 radical (unpaired) electrons. The molecule has 1 saturated heterocycles. The molecule has 16 heavy (non-hydrogen) atoms. The molecule has 1 unspecified atom stereocenters. The second kappa shape index (κ2) is 4.03. The molecule has 1 aromatic heterocycles. The van der Waals surface area contributed by atoms with Crippen LogP contribution < -0.4 is 16.4 Å². The van der Waals surface area contributed by atoms with Gasteiger partial charge in [0, 0.05) is 13.1 Å². The minimum absolute atomic E-state index is 0.0808. The lowest BCUT2D eigenvalue weighted by Gasteiger charge is -2.19. The van der Waals surface area contributed by atoms with Crippen LogP contribution in [0, 0.1) is 5.92 Å². The van der Waals surface area contributed by atoms with Crippen molar-refractivity contribution in [2.75, 3.05) is 23.7 Å². The summed E-state index contributed by atoms with van der Waals surface area (Å²) >= 11 is 0. The SMILES string of the molecule is CC1CCN(c2c(N)cnn2CC(N)=O)C1. The van der Waals surface area contributed by atoms with Crippen molar-refractivity contribution in [3.8, 4) is 0 Å². The largest absolute Gasteiger partial charge is 0.394 e. The van der Waals surface area contributed by atoms with Gasteiger partial charge in [0.05, 0.1) is 11.9 Å². The van der Waals surface area contributed by atoms with Gasteiger partial charge in [0.1, 0.15) is 6.54 Å². The summed E-state index contributed by atoms with van der Waals surface area (Å²) in [6.07, 6.45) is 2.71. The highest BCUT2D eigenvalue weighted by molar-refractivity contribution is 5.75. The molecule has 0 spiro atoms. The number of rotatable bonds is 3. The van der Waals surface area contributed by atoms with Crippen LogP contribution in [0.25, 0.3) is 0 Å². The van der Waals surface area contributed by atoms with Gasteiger partial charge in [-0.1, -0.05) is 6.92 Å². The zero-order chi connectivity index (χ0) is 11.7. The maximum absolute atomic E-state index is 10.9. The van der Waals surface area contributed by atoms with E-state index < -0.39 is 5.91 Å². The van der Waals surface area contributed by atoms with Gasteiger partial charge in [-0.05, 0) is 12.3 Å². The molecule has 88 valence electrons. The summed E-state index contributed by atoms with van der Waals surface area (Å²) in [5.74, 6) is 1.07. The van der Waals surface area contributed by atoms with E-state index >= 15 is 0 Å². The number of primary amides is 1. The van der Waals surface area contributed by atoms with E-state index in [1.165, 1.54) is 0 Å². The Morgan fingerprint density at radius 2 is 2.44 bits per heavy atom. The normalized spacial score (nSPS) is 20.3. The van der Waals surface area contributed by atoms with Crippen molar-refractivity contribution in [3.05, 3.63) is 6.20 Å². The van der Waals surface area contributed by atoms with Crippen LogP contribution in [0.1, 0.15) is 13.3 Å². The maximum Gasteiger partial charge on any atom is 0.239 e. The maximum atomic E-state index is 10.9. The van der Waals surface area contributed by atoms with Gasteiger partial charge in [-0.15, -0.1) is 0 Å². The monoisotopic (exact) mass is 223 g/mol. The third-order valence-corrected chi connectivity index (χ3v) is 2.87. The first-order valence-electron chi connectivity index (χ1n) is 5.42. The van der Waals surface area contributed by atoms with Gasteiger partial charge in [-0.25, -0.2) is 4.68 Å². The molecule has 4 N–H and O–H groups in total. The highest BCUT2D eigenvalue weighted by Crippen LogP contribution is 2.28. The molecule has 6 heteroatoms. The molecular formula is C10H17N5O. The molecule has 0 saturated carbocycles. The molecule has 2 rings (SSSR count). The fourth-order valence-electron chi connectivity index (χ4n) is 2.13.